The lowest BCUT2D eigenvalue weighted by Gasteiger charge is -2.04. The molecular weight excluding hydrogens is 306 g/mol. The summed E-state index contributed by atoms with van der Waals surface area (Å²) in [6.45, 7) is 0. The van der Waals surface area contributed by atoms with E-state index in [9.17, 15) is 9.90 Å². The molecule has 1 aromatic heterocycles. The van der Waals surface area contributed by atoms with E-state index in [1.807, 2.05) is 24.3 Å². The Morgan fingerprint density at radius 1 is 1.05 bits per heavy atom. The predicted octanol–water partition coefficient (Wildman–Crippen LogP) is 3.80. The van der Waals surface area contributed by atoms with Crippen molar-refractivity contribution in [2.45, 2.75) is 0 Å². The zero-order valence-corrected chi connectivity index (χ0v) is 11.5. The molecule has 0 saturated carbocycles. The lowest BCUT2D eigenvalue weighted by molar-refractivity contribution is 0.0958. The number of fused-ring (bicyclic) bond motifs is 1. The summed E-state index contributed by atoms with van der Waals surface area (Å²) < 4.78 is 2.25. The SMILES string of the molecule is O=C(c1cc(Br)ccc1O)n1cc2ccccc2c1. The number of aromatic hydroxyl groups is 1. The summed E-state index contributed by atoms with van der Waals surface area (Å²) in [6.07, 6.45) is 3.52. The summed E-state index contributed by atoms with van der Waals surface area (Å²) in [4.78, 5) is 12.4. The smallest absolute Gasteiger partial charge is 0.265 e. The van der Waals surface area contributed by atoms with E-state index in [4.69, 9.17) is 0 Å². The van der Waals surface area contributed by atoms with Gasteiger partial charge < -0.3 is 5.11 Å². The van der Waals surface area contributed by atoms with Crippen molar-refractivity contribution in [3.8, 4) is 5.75 Å². The summed E-state index contributed by atoms with van der Waals surface area (Å²) in [5.41, 5.74) is 0.273. The van der Waals surface area contributed by atoms with Gasteiger partial charge in [-0.2, -0.15) is 0 Å². The molecule has 0 aliphatic carbocycles. The number of rotatable bonds is 1. The Hall–Kier alpha value is -2.07. The molecule has 3 aromatic rings. The van der Waals surface area contributed by atoms with Gasteiger partial charge in [0.25, 0.3) is 5.91 Å². The Labute approximate surface area is 118 Å². The number of halogens is 1. The average Bonchev–Trinajstić information content (AvgIpc) is 2.84. The standard InChI is InChI=1S/C15H10BrNO2/c16-12-5-6-14(18)13(7-12)15(19)17-8-10-3-1-2-4-11(10)9-17/h1-9,18H. The van der Waals surface area contributed by atoms with Gasteiger partial charge in [0.2, 0.25) is 0 Å². The highest BCUT2D eigenvalue weighted by Crippen LogP contribution is 2.24. The minimum Gasteiger partial charge on any atom is -0.507 e. The number of benzene rings is 2. The maximum absolute atomic E-state index is 12.4. The first-order valence-electron chi connectivity index (χ1n) is 5.75. The van der Waals surface area contributed by atoms with Crippen LogP contribution >= 0.6 is 15.9 Å². The predicted molar refractivity (Wildman–Crippen MR) is 77.5 cm³/mol. The quantitative estimate of drug-likeness (QED) is 0.742. The molecule has 4 heteroatoms. The maximum Gasteiger partial charge on any atom is 0.265 e. The largest absolute Gasteiger partial charge is 0.507 e. The van der Waals surface area contributed by atoms with Crippen LogP contribution in [0.3, 0.4) is 0 Å². The van der Waals surface area contributed by atoms with Gasteiger partial charge in [-0.15, -0.1) is 0 Å². The van der Waals surface area contributed by atoms with Crippen molar-refractivity contribution in [1.29, 1.82) is 0 Å². The summed E-state index contributed by atoms with van der Waals surface area (Å²) in [5, 5.41) is 11.8. The van der Waals surface area contributed by atoms with E-state index >= 15 is 0 Å². The Morgan fingerprint density at radius 3 is 2.32 bits per heavy atom. The van der Waals surface area contributed by atoms with Gasteiger partial charge in [-0.1, -0.05) is 40.2 Å². The highest BCUT2D eigenvalue weighted by molar-refractivity contribution is 9.10. The molecule has 0 aliphatic heterocycles. The van der Waals surface area contributed by atoms with Crippen molar-refractivity contribution >= 4 is 32.6 Å². The molecule has 19 heavy (non-hydrogen) atoms. The van der Waals surface area contributed by atoms with Gasteiger partial charge in [0.15, 0.2) is 0 Å². The molecular formula is C15H10BrNO2. The van der Waals surface area contributed by atoms with E-state index in [1.165, 1.54) is 10.6 Å². The normalized spacial score (nSPS) is 10.8. The third kappa shape index (κ3) is 2.15. The number of hydrogen-bond donors (Lipinski definition) is 1. The monoisotopic (exact) mass is 315 g/mol. The van der Waals surface area contributed by atoms with Gasteiger partial charge in [-0.3, -0.25) is 9.36 Å². The first-order valence-corrected chi connectivity index (χ1v) is 6.54. The summed E-state index contributed by atoms with van der Waals surface area (Å²) in [6, 6.07) is 12.5. The first-order chi connectivity index (χ1) is 9.15. The topological polar surface area (TPSA) is 42.2 Å². The minimum absolute atomic E-state index is 0.0223. The number of aromatic nitrogens is 1. The summed E-state index contributed by atoms with van der Waals surface area (Å²) in [7, 11) is 0. The Bertz CT molecular complexity index is 744. The molecule has 3 rings (SSSR count). The summed E-state index contributed by atoms with van der Waals surface area (Å²) >= 11 is 3.30. The van der Waals surface area contributed by atoms with Gasteiger partial charge >= 0.3 is 0 Å². The number of phenolic OH excluding ortho intramolecular Hbond substituents is 1. The van der Waals surface area contributed by atoms with E-state index in [0.717, 1.165) is 15.2 Å². The fourth-order valence-corrected chi connectivity index (χ4v) is 2.38. The molecule has 0 fully saturated rings. The van der Waals surface area contributed by atoms with Gasteiger partial charge in [0, 0.05) is 16.9 Å². The van der Waals surface area contributed by atoms with Crippen molar-refractivity contribution in [3.63, 3.8) is 0 Å². The lowest BCUT2D eigenvalue weighted by atomic mass is 10.2. The Kier molecular flexibility index (Phi) is 2.87. The molecule has 0 unspecified atom stereocenters. The highest BCUT2D eigenvalue weighted by atomic mass is 79.9. The second-order valence-electron chi connectivity index (χ2n) is 4.26. The molecule has 94 valence electrons. The van der Waals surface area contributed by atoms with E-state index in [-0.39, 0.29) is 17.2 Å². The Morgan fingerprint density at radius 2 is 1.68 bits per heavy atom. The third-order valence-corrected chi connectivity index (χ3v) is 3.47. The molecule has 1 heterocycles. The van der Waals surface area contributed by atoms with Crippen molar-refractivity contribution in [3.05, 3.63) is 64.9 Å². The molecule has 3 nitrogen and oxygen atoms in total. The van der Waals surface area contributed by atoms with Crippen LogP contribution in [0.25, 0.3) is 10.8 Å². The van der Waals surface area contributed by atoms with E-state index < -0.39 is 0 Å². The van der Waals surface area contributed by atoms with Crippen LogP contribution in [0.2, 0.25) is 0 Å². The van der Waals surface area contributed by atoms with Crippen LogP contribution in [0, 0.1) is 0 Å². The fraction of sp³-hybridized carbons (Fsp3) is 0. The molecule has 0 aliphatic rings. The molecule has 1 N–H and O–H groups in total. The molecule has 0 radical (unpaired) electrons. The summed E-state index contributed by atoms with van der Waals surface area (Å²) in [5.74, 6) is -0.277. The maximum atomic E-state index is 12.4. The number of phenols is 1. The van der Waals surface area contributed by atoms with E-state index in [1.54, 1.807) is 24.5 Å². The van der Waals surface area contributed by atoms with Crippen LogP contribution in [-0.2, 0) is 0 Å². The van der Waals surface area contributed by atoms with Gasteiger partial charge in [0.05, 0.1) is 5.56 Å². The molecule has 0 atom stereocenters. The van der Waals surface area contributed by atoms with Crippen molar-refractivity contribution in [2.24, 2.45) is 0 Å². The highest BCUT2D eigenvalue weighted by Gasteiger charge is 2.14. The Balaban J connectivity index is 2.10. The van der Waals surface area contributed by atoms with E-state index in [0.29, 0.717) is 0 Å². The van der Waals surface area contributed by atoms with E-state index in [2.05, 4.69) is 15.9 Å². The van der Waals surface area contributed by atoms with Crippen LogP contribution in [0.1, 0.15) is 10.4 Å². The first kappa shape index (κ1) is 12.0. The van der Waals surface area contributed by atoms with Crippen LogP contribution in [-0.4, -0.2) is 15.6 Å². The number of carbonyl (C=O) groups excluding carboxylic acids is 1. The lowest BCUT2D eigenvalue weighted by Crippen LogP contribution is -2.09. The zero-order chi connectivity index (χ0) is 13.4. The number of hydrogen-bond acceptors (Lipinski definition) is 2. The van der Waals surface area contributed by atoms with Crippen LogP contribution in [0.15, 0.2) is 59.3 Å². The molecule has 0 amide bonds. The average molecular weight is 316 g/mol. The van der Waals surface area contributed by atoms with Crippen molar-refractivity contribution < 1.29 is 9.90 Å². The molecule has 0 saturated heterocycles. The second-order valence-corrected chi connectivity index (χ2v) is 5.18. The van der Waals surface area contributed by atoms with Gasteiger partial charge in [0.1, 0.15) is 5.75 Å². The van der Waals surface area contributed by atoms with Crippen LogP contribution < -0.4 is 0 Å². The van der Waals surface area contributed by atoms with Gasteiger partial charge in [-0.25, -0.2) is 0 Å². The third-order valence-electron chi connectivity index (χ3n) is 2.98. The second kappa shape index (κ2) is 4.55. The van der Waals surface area contributed by atoms with Crippen LogP contribution in [0.4, 0.5) is 0 Å². The number of nitrogens with zero attached hydrogens (tertiary/aromatic N) is 1. The molecule has 2 aromatic carbocycles. The fourth-order valence-electron chi connectivity index (χ4n) is 2.02. The molecule has 0 bridgehead atoms. The van der Waals surface area contributed by atoms with Gasteiger partial charge in [-0.05, 0) is 29.0 Å². The number of carbonyl (C=O) groups is 1. The van der Waals surface area contributed by atoms with Crippen LogP contribution in [0.5, 0.6) is 5.75 Å². The minimum atomic E-state index is -0.255. The zero-order valence-electron chi connectivity index (χ0n) is 9.88. The van der Waals surface area contributed by atoms with Crippen molar-refractivity contribution in [1.82, 2.24) is 4.57 Å². The molecule has 0 spiro atoms. The van der Waals surface area contributed by atoms with Crippen molar-refractivity contribution in [2.75, 3.05) is 0 Å².